The van der Waals surface area contributed by atoms with E-state index in [0.717, 1.165) is 6.29 Å². The molecule has 5 heteroatoms. The Labute approximate surface area is 124 Å². The van der Waals surface area contributed by atoms with E-state index >= 15 is 0 Å². The Kier molecular flexibility index (Phi) is 6.62. The van der Waals surface area contributed by atoms with Crippen molar-refractivity contribution < 1.29 is 18.8 Å². The summed E-state index contributed by atoms with van der Waals surface area (Å²) in [5.74, 6) is -0.317. The highest BCUT2D eigenvalue weighted by Gasteiger charge is 2.39. The quantitative estimate of drug-likeness (QED) is 0.426. The Hall–Kier alpha value is -0.683. The molecule has 0 aliphatic rings. The second-order valence-corrected chi connectivity index (χ2v) is 12.4. The van der Waals surface area contributed by atoms with Gasteiger partial charge in [-0.1, -0.05) is 20.8 Å². The summed E-state index contributed by atoms with van der Waals surface area (Å²) in [4.78, 5) is 22.7. The third kappa shape index (κ3) is 7.19. The maximum absolute atomic E-state index is 11.9. The van der Waals surface area contributed by atoms with Crippen molar-refractivity contribution >= 4 is 20.6 Å². The average molecular weight is 302 g/mol. The zero-order chi connectivity index (χ0) is 16.2. The molecule has 0 bridgehead atoms. The van der Waals surface area contributed by atoms with Crippen molar-refractivity contribution in [3.05, 3.63) is 0 Å². The van der Waals surface area contributed by atoms with E-state index < -0.39 is 13.9 Å². The summed E-state index contributed by atoms with van der Waals surface area (Å²) in [5.41, 5.74) is -0.514. The molecular weight excluding hydrogens is 272 g/mol. The first-order chi connectivity index (χ1) is 8.78. The van der Waals surface area contributed by atoms with Crippen LogP contribution in [-0.4, -0.2) is 32.3 Å². The van der Waals surface area contributed by atoms with Crippen LogP contribution in [0.5, 0.6) is 0 Å². The molecule has 0 rings (SSSR count). The molecule has 0 aliphatic heterocycles. The maximum Gasteiger partial charge on any atom is 0.308 e. The number of hydrogen-bond acceptors (Lipinski definition) is 4. The summed E-state index contributed by atoms with van der Waals surface area (Å²) >= 11 is 0. The van der Waals surface area contributed by atoms with E-state index in [1.807, 2.05) is 20.8 Å². The molecule has 0 radical (unpaired) electrons. The standard InChI is InChI=1S/C15H30O4Si/c1-14(2,3)18-13(17)11-12(9-10-16)19-20(7,8)15(4,5)6/h10,12H,9,11H2,1-8H3. The van der Waals surface area contributed by atoms with E-state index in [1.54, 1.807) is 0 Å². The maximum atomic E-state index is 11.9. The van der Waals surface area contributed by atoms with Crippen molar-refractivity contribution in [3.63, 3.8) is 0 Å². The second kappa shape index (κ2) is 6.85. The Morgan fingerprint density at radius 2 is 1.65 bits per heavy atom. The van der Waals surface area contributed by atoms with Crippen molar-refractivity contribution in [1.82, 2.24) is 0 Å². The lowest BCUT2D eigenvalue weighted by atomic mass is 10.1. The van der Waals surface area contributed by atoms with E-state index in [1.165, 1.54) is 0 Å². The van der Waals surface area contributed by atoms with Crippen molar-refractivity contribution in [2.75, 3.05) is 0 Å². The van der Waals surface area contributed by atoms with Crippen LogP contribution in [-0.2, 0) is 18.8 Å². The summed E-state index contributed by atoms with van der Waals surface area (Å²) in [6.07, 6.45) is 0.777. The highest BCUT2D eigenvalue weighted by atomic mass is 28.4. The molecule has 0 aliphatic carbocycles. The van der Waals surface area contributed by atoms with Crippen LogP contribution in [0.4, 0.5) is 0 Å². The molecule has 0 N–H and O–H groups in total. The van der Waals surface area contributed by atoms with Gasteiger partial charge in [0.2, 0.25) is 0 Å². The number of aldehydes is 1. The lowest BCUT2D eigenvalue weighted by molar-refractivity contribution is -0.156. The molecule has 0 amide bonds. The smallest absolute Gasteiger partial charge is 0.308 e. The van der Waals surface area contributed by atoms with Crippen LogP contribution >= 0.6 is 0 Å². The van der Waals surface area contributed by atoms with E-state index in [-0.39, 0.29) is 30.0 Å². The number of carbonyl (C=O) groups is 2. The molecule has 0 aromatic rings. The van der Waals surface area contributed by atoms with Crippen molar-refractivity contribution in [2.45, 2.75) is 84.2 Å². The summed E-state index contributed by atoms with van der Waals surface area (Å²) in [6, 6.07) is 0. The molecule has 0 aromatic carbocycles. The topological polar surface area (TPSA) is 52.6 Å². The Morgan fingerprint density at radius 1 is 1.15 bits per heavy atom. The largest absolute Gasteiger partial charge is 0.460 e. The van der Waals surface area contributed by atoms with Crippen molar-refractivity contribution in [2.24, 2.45) is 0 Å². The minimum atomic E-state index is -2.00. The fraction of sp³-hybridized carbons (Fsp3) is 0.867. The van der Waals surface area contributed by atoms with Gasteiger partial charge in [-0.05, 0) is 38.9 Å². The molecule has 4 nitrogen and oxygen atoms in total. The van der Waals surface area contributed by atoms with Crippen LogP contribution in [0.2, 0.25) is 18.1 Å². The molecule has 1 atom stereocenters. The number of esters is 1. The minimum absolute atomic E-state index is 0.0437. The van der Waals surface area contributed by atoms with Gasteiger partial charge in [-0.15, -0.1) is 0 Å². The van der Waals surface area contributed by atoms with Gasteiger partial charge in [0.15, 0.2) is 8.32 Å². The number of rotatable bonds is 6. The summed E-state index contributed by atoms with van der Waals surface area (Å²) in [5, 5.41) is 0.0437. The molecule has 0 saturated carbocycles. The summed E-state index contributed by atoms with van der Waals surface area (Å²) in [7, 11) is -2.00. The lowest BCUT2D eigenvalue weighted by Crippen LogP contribution is -2.44. The van der Waals surface area contributed by atoms with Crippen LogP contribution in [0, 0.1) is 0 Å². The molecular formula is C15H30O4Si. The van der Waals surface area contributed by atoms with Gasteiger partial charge in [0.05, 0.1) is 12.5 Å². The van der Waals surface area contributed by atoms with Crippen LogP contribution < -0.4 is 0 Å². The van der Waals surface area contributed by atoms with Gasteiger partial charge < -0.3 is 14.0 Å². The molecule has 118 valence electrons. The number of ether oxygens (including phenoxy) is 1. The average Bonchev–Trinajstić information content (AvgIpc) is 2.11. The first-order valence-corrected chi connectivity index (χ1v) is 10.0. The number of carbonyl (C=O) groups excluding carboxylic acids is 2. The summed E-state index contributed by atoms with van der Waals surface area (Å²) in [6.45, 7) is 16.1. The molecule has 20 heavy (non-hydrogen) atoms. The first-order valence-electron chi connectivity index (χ1n) is 7.12. The van der Waals surface area contributed by atoms with E-state index in [0.29, 0.717) is 0 Å². The van der Waals surface area contributed by atoms with Gasteiger partial charge in [0.25, 0.3) is 0 Å². The predicted octanol–water partition coefficient (Wildman–Crippen LogP) is 3.70. The second-order valence-electron chi connectivity index (χ2n) is 7.69. The van der Waals surface area contributed by atoms with Gasteiger partial charge in [0.1, 0.15) is 11.9 Å². The Bertz CT molecular complexity index is 337. The molecule has 0 aromatic heterocycles. The van der Waals surface area contributed by atoms with Gasteiger partial charge in [0, 0.05) is 6.42 Å². The molecule has 0 heterocycles. The fourth-order valence-electron chi connectivity index (χ4n) is 1.44. The van der Waals surface area contributed by atoms with E-state index in [9.17, 15) is 9.59 Å². The SMILES string of the molecule is CC(C)(C)OC(=O)CC(CC=O)O[Si](C)(C)C(C)(C)C. The van der Waals surface area contributed by atoms with Gasteiger partial charge in [-0.2, -0.15) is 0 Å². The zero-order valence-corrected chi connectivity index (χ0v) is 15.2. The Balaban J connectivity index is 4.75. The monoisotopic (exact) mass is 302 g/mol. The van der Waals surface area contributed by atoms with Gasteiger partial charge in [-0.25, -0.2) is 0 Å². The zero-order valence-electron chi connectivity index (χ0n) is 14.2. The minimum Gasteiger partial charge on any atom is -0.460 e. The van der Waals surface area contributed by atoms with Gasteiger partial charge >= 0.3 is 5.97 Å². The third-order valence-corrected chi connectivity index (χ3v) is 7.98. The number of hydrogen-bond donors (Lipinski definition) is 0. The Morgan fingerprint density at radius 3 is 2.00 bits per heavy atom. The molecule has 0 saturated heterocycles. The third-order valence-electron chi connectivity index (χ3n) is 3.44. The first kappa shape index (κ1) is 19.3. The summed E-state index contributed by atoms with van der Waals surface area (Å²) < 4.78 is 11.4. The van der Waals surface area contributed by atoms with Crippen LogP contribution in [0.25, 0.3) is 0 Å². The fourth-order valence-corrected chi connectivity index (χ4v) is 2.81. The van der Waals surface area contributed by atoms with E-state index in [2.05, 4.69) is 33.9 Å². The predicted molar refractivity (Wildman–Crippen MR) is 83.2 cm³/mol. The molecule has 1 unspecified atom stereocenters. The highest BCUT2D eigenvalue weighted by molar-refractivity contribution is 6.74. The molecule has 0 fully saturated rings. The van der Waals surface area contributed by atoms with Gasteiger partial charge in [-0.3, -0.25) is 4.79 Å². The normalized spacial score (nSPS) is 14.8. The van der Waals surface area contributed by atoms with Crippen LogP contribution in [0.15, 0.2) is 0 Å². The highest BCUT2D eigenvalue weighted by Crippen LogP contribution is 2.38. The van der Waals surface area contributed by atoms with E-state index in [4.69, 9.17) is 9.16 Å². The lowest BCUT2D eigenvalue weighted by Gasteiger charge is -2.39. The van der Waals surface area contributed by atoms with Crippen molar-refractivity contribution in [3.8, 4) is 0 Å². The van der Waals surface area contributed by atoms with Crippen LogP contribution in [0.1, 0.15) is 54.4 Å². The molecule has 0 spiro atoms. The van der Waals surface area contributed by atoms with Crippen molar-refractivity contribution in [1.29, 1.82) is 0 Å². The van der Waals surface area contributed by atoms with Crippen LogP contribution in [0.3, 0.4) is 0 Å².